The molecule has 2 heterocycles. The number of benzene rings is 1. The second-order valence-corrected chi connectivity index (χ2v) is 6.55. The molecule has 0 radical (unpaired) electrons. The van der Waals surface area contributed by atoms with Crippen molar-refractivity contribution in [2.75, 3.05) is 37.8 Å². The van der Waals surface area contributed by atoms with E-state index in [0.717, 1.165) is 24.4 Å². The summed E-state index contributed by atoms with van der Waals surface area (Å²) in [6, 6.07) is 14.1. The minimum absolute atomic E-state index is 0.0124. The Morgan fingerprint density at radius 1 is 1.25 bits per heavy atom. The zero-order valence-electron chi connectivity index (χ0n) is 16.0. The van der Waals surface area contributed by atoms with Gasteiger partial charge >= 0.3 is 0 Å². The van der Waals surface area contributed by atoms with E-state index >= 15 is 0 Å². The van der Waals surface area contributed by atoms with Gasteiger partial charge in [0.2, 0.25) is 0 Å². The summed E-state index contributed by atoms with van der Waals surface area (Å²) in [6.07, 6.45) is 4.63. The van der Waals surface area contributed by atoms with Crippen molar-refractivity contribution in [1.82, 2.24) is 4.98 Å². The van der Waals surface area contributed by atoms with Crippen molar-refractivity contribution in [1.29, 1.82) is 5.26 Å². The third-order valence-corrected chi connectivity index (χ3v) is 4.53. The van der Waals surface area contributed by atoms with Gasteiger partial charge in [-0.2, -0.15) is 5.26 Å². The third-order valence-electron chi connectivity index (χ3n) is 4.53. The average molecular weight is 379 g/mol. The molecule has 3 rings (SSSR count). The summed E-state index contributed by atoms with van der Waals surface area (Å²) in [5, 5.41) is 19.1. The van der Waals surface area contributed by atoms with E-state index in [1.165, 1.54) is 10.9 Å². The van der Waals surface area contributed by atoms with Gasteiger partial charge in [-0.05, 0) is 37.1 Å². The predicted octanol–water partition coefficient (Wildman–Crippen LogP) is 3.75. The zero-order valence-corrected chi connectivity index (χ0v) is 16.0. The molecule has 0 fully saturated rings. The average Bonchev–Trinajstić information content (AvgIpc) is 3.34. The number of H-pyrrole nitrogens is 1. The number of para-hydroxylation sites is 1. The quantitative estimate of drug-likeness (QED) is 0.414. The summed E-state index contributed by atoms with van der Waals surface area (Å²) in [6.45, 7) is 3.99. The molecule has 2 N–H and O–H groups in total. The van der Waals surface area contributed by atoms with Gasteiger partial charge in [0.25, 0.3) is 0 Å². The van der Waals surface area contributed by atoms with Gasteiger partial charge < -0.3 is 24.1 Å². The Morgan fingerprint density at radius 3 is 2.93 bits per heavy atom. The molecule has 0 unspecified atom stereocenters. The molecule has 0 saturated carbocycles. The topological polar surface area (TPSA) is 85.4 Å². The van der Waals surface area contributed by atoms with Crippen molar-refractivity contribution in [3.63, 3.8) is 0 Å². The van der Waals surface area contributed by atoms with Crippen LogP contribution in [0, 0.1) is 11.3 Å². The van der Waals surface area contributed by atoms with Crippen molar-refractivity contribution < 1.29 is 14.3 Å². The molecule has 1 aromatic carbocycles. The van der Waals surface area contributed by atoms with E-state index in [9.17, 15) is 0 Å². The molecule has 0 aliphatic rings. The van der Waals surface area contributed by atoms with Gasteiger partial charge in [-0.15, -0.1) is 0 Å². The predicted molar refractivity (Wildman–Crippen MR) is 110 cm³/mol. The van der Waals surface area contributed by atoms with E-state index in [0.29, 0.717) is 31.1 Å². The van der Waals surface area contributed by atoms with Crippen LogP contribution >= 0.6 is 0 Å². The first-order valence-electron chi connectivity index (χ1n) is 9.38. The molecule has 0 spiro atoms. The molecule has 0 saturated heterocycles. The maximum absolute atomic E-state index is 8.94. The number of aromatic nitrogens is 1. The van der Waals surface area contributed by atoms with E-state index in [-0.39, 0.29) is 6.61 Å². The number of ether oxygens (including phenoxy) is 1. The number of hydrogen-bond donors (Lipinski definition) is 2. The number of nitrogens with one attached hydrogen (secondary N) is 1. The van der Waals surface area contributed by atoms with Crippen LogP contribution in [0.15, 0.2) is 52.6 Å². The number of nitrogens with zero attached hydrogens (tertiary/aromatic N) is 2. The number of hydrogen-bond acceptors (Lipinski definition) is 5. The second kappa shape index (κ2) is 9.79. The number of anilines is 1. The zero-order chi connectivity index (χ0) is 19.8. The Morgan fingerprint density at radius 2 is 2.11 bits per heavy atom. The minimum atomic E-state index is 0.0124. The molecule has 0 bridgehead atoms. The van der Waals surface area contributed by atoms with E-state index < -0.39 is 0 Å². The molecule has 0 atom stereocenters. The van der Waals surface area contributed by atoms with Crippen molar-refractivity contribution in [3.05, 3.63) is 59.5 Å². The second-order valence-electron chi connectivity index (χ2n) is 6.55. The summed E-state index contributed by atoms with van der Waals surface area (Å²) in [5.41, 5.74) is 2.98. The fraction of sp³-hybridized carbons (Fsp3) is 0.318. The van der Waals surface area contributed by atoms with Gasteiger partial charge in [-0.3, -0.25) is 0 Å². The highest BCUT2D eigenvalue weighted by Gasteiger charge is 2.13. The molecule has 3 aromatic rings. The summed E-state index contributed by atoms with van der Waals surface area (Å²) in [7, 11) is 0. The van der Waals surface area contributed by atoms with Crippen molar-refractivity contribution in [2.45, 2.75) is 13.3 Å². The Bertz CT molecular complexity index is 965. The normalized spacial score (nSPS) is 11.7. The molecule has 146 valence electrons. The first-order valence-corrected chi connectivity index (χ1v) is 9.38. The van der Waals surface area contributed by atoms with E-state index in [1.807, 2.05) is 24.3 Å². The van der Waals surface area contributed by atoms with Crippen molar-refractivity contribution in [2.24, 2.45) is 0 Å². The summed E-state index contributed by atoms with van der Waals surface area (Å²) >= 11 is 0. The van der Waals surface area contributed by atoms with Crippen LogP contribution < -0.4 is 4.90 Å². The monoisotopic (exact) mass is 379 g/mol. The van der Waals surface area contributed by atoms with Gasteiger partial charge in [0.05, 0.1) is 25.9 Å². The standard InChI is InChI=1S/C22H25N3O3/c1-17(15-23)14-19-6-7-22(28-19)25(10-12-27-13-11-26)9-8-18-16-24-21-5-3-2-4-20(18)21/h2-7,14,16,24,26H,8-13H2,1H3/b17-14+. The number of fused-ring (bicyclic) bond motifs is 1. The molecule has 0 aliphatic carbocycles. The molecular formula is C22H25N3O3. The van der Waals surface area contributed by atoms with Crippen LogP contribution in [0.5, 0.6) is 0 Å². The highest BCUT2D eigenvalue weighted by Crippen LogP contribution is 2.23. The fourth-order valence-electron chi connectivity index (χ4n) is 3.10. The third kappa shape index (κ3) is 5.03. The van der Waals surface area contributed by atoms with Crippen molar-refractivity contribution in [3.8, 4) is 6.07 Å². The Labute approximate surface area is 164 Å². The molecule has 0 aliphatic heterocycles. The van der Waals surface area contributed by atoms with Crippen LogP contribution in [0.4, 0.5) is 5.88 Å². The minimum Gasteiger partial charge on any atom is -0.441 e. The van der Waals surface area contributed by atoms with Crippen LogP contribution in [-0.4, -0.2) is 43.0 Å². The van der Waals surface area contributed by atoms with Gasteiger partial charge in [0.1, 0.15) is 5.76 Å². The lowest BCUT2D eigenvalue weighted by atomic mass is 10.1. The van der Waals surface area contributed by atoms with Crippen LogP contribution in [0.3, 0.4) is 0 Å². The molecular weight excluding hydrogens is 354 g/mol. The highest BCUT2D eigenvalue weighted by atomic mass is 16.5. The molecule has 2 aromatic heterocycles. The Kier molecular flexibility index (Phi) is 6.90. The largest absolute Gasteiger partial charge is 0.441 e. The Hall–Kier alpha value is -3.01. The smallest absolute Gasteiger partial charge is 0.196 e. The number of aliphatic hydroxyl groups excluding tert-OH is 1. The van der Waals surface area contributed by atoms with Crippen molar-refractivity contribution >= 4 is 22.9 Å². The number of allylic oxidation sites excluding steroid dienone is 1. The van der Waals surface area contributed by atoms with Crippen LogP contribution in [0.2, 0.25) is 0 Å². The molecule has 6 heteroatoms. The first-order chi connectivity index (χ1) is 13.7. The maximum atomic E-state index is 8.94. The molecule has 28 heavy (non-hydrogen) atoms. The number of aliphatic hydroxyl groups is 1. The summed E-state index contributed by atoms with van der Waals surface area (Å²) in [4.78, 5) is 5.43. The van der Waals surface area contributed by atoms with Gasteiger partial charge in [0.15, 0.2) is 5.88 Å². The van der Waals surface area contributed by atoms with Crippen LogP contribution in [-0.2, 0) is 11.2 Å². The maximum Gasteiger partial charge on any atom is 0.196 e. The lowest BCUT2D eigenvalue weighted by Crippen LogP contribution is -2.29. The number of nitriles is 1. The lowest BCUT2D eigenvalue weighted by Gasteiger charge is -2.22. The van der Waals surface area contributed by atoms with Crippen LogP contribution in [0.25, 0.3) is 17.0 Å². The molecule has 0 amide bonds. The van der Waals surface area contributed by atoms with Gasteiger partial charge in [0, 0.05) is 41.8 Å². The van der Waals surface area contributed by atoms with Gasteiger partial charge in [-0.1, -0.05) is 18.2 Å². The number of aromatic amines is 1. The van der Waals surface area contributed by atoms with E-state index in [2.05, 4.69) is 34.3 Å². The van der Waals surface area contributed by atoms with E-state index in [4.69, 9.17) is 19.5 Å². The summed E-state index contributed by atoms with van der Waals surface area (Å²) in [5.74, 6) is 1.40. The highest BCUT2D eigenvalue weighted by molar-refractivity contribution is 5.83. The fourth-order valence-corrected chi connectivity index (χ4v) is 3.10. The van der Waals surface area contributed by atoms with E-state index in [1.54, 1.807) is 13.0 Å². The number of rotatable bonds is 10. The SMILES string of the molecule is C/C(C#N)=C\c1ccc(N(CCOCCO)CCc2c[nH]c3ccccc23)o1. The first kappa shape index (κ1) is 19.7. The van der Waals surface area contributed by atoms with Gasteiger partial charge in [-0.25, -0.2) is 0 Å². The summed E-state index contributed by atoms with van der Waals surface area (Å²) < 4.78 is 11.4. The number of furan rings is 1. The van der Waals surface area contributed by atoms with Crippen LogP contribution in [0.1, 0.15) is 18.2 Å². The Balaban J connectivity index is 1.72. The lowest BCUT2D eigenvalue weighted by molar-refractivity contribution is 0.0963. The molecule has 6 nitrogen and oxygen atoms in total.